The van der Waals surface area contributed by atoms with Crippen molar-refractivity contribution < 1.29 is 9.26 Å². The third-order valence-electron chi connectivity index (χ3n) is 4.47. The first kappa shape index (κ1) is 19.5. The summed E-state index contributed by atoms with van der Waals surface area (Å²) in [5.74, 6) is 3.09. The van der Waals surface area contributed by atoms with Gasteiger partial charge in [-0.1, -0.05) is 16.9 Å². The number of pyridine rings is 1. The second kappa shape index (κ2) is 8.70. The first-order valence-corrected chi connectivity index (χ1v) is 11.2. The predicted octanol–water partition coefficient (Wildman–Crippen LogP) is 4.74. The van der Waals surface area contributed by atoms with E-state index in [2.05, 4.69) is 25.3 Å². The molecule has 0 fully saturated rings. The molecule has 154 valence electrons. The number of hydrogen-bond acceptors (Lipinski definition) is 9. The van der Waals surface area contributed by atoms with E-state index in [0.717, 1.165) is 28.4 Å². The second-order valence-corrected chi connectivity index (χ2v) is 8.11. The van der Waals surface area contributed by atoms with Crippen LogP contribution in [-0.4, -0.2) is 37.0 Å². The number of thiophene rings is 1. The number of methoxy groups -OCH3 is 1. The van der Waals surface area contributed by atoms with Crippen LogP contribution in [0.5, 0.6) is 5.75 Å². The minimum atomic E-state index is 0.474. The molecule has 5 rings (SSSR count). The number of rotatable bonds is 7. The number of hydrogen-bond donors (Lipinski definition) is 0. The molecule has 1 aromatic carbocycles. The van der Waals surface area contributed by atoms with E-state index in [9.17, 15) is 0 Å². The lowest BCUT2D eigenvalue weighted by molar-refractivity contribution is 0.391. The standard InChI is InChI=1S/C21H16N6O2S2/c1-28-17-4-2-16(3-5-17)27-20(14-6-9-22-10-7-14)24-25-21(27)31-13-18-23-19(26-29-18)15-8-11-30-12-15/h2-12H,13H2,1H3. The molecule has 0 amide bonds. The van der Waals surface area contributed by atoms with E-state index in [1.165, 1.54) is 11.8 Å². The summed E-state index contributed by atoms with van der Waals surface area (Å²) < 4.78 is 12.7. The Bertz CT molecular complexity index is 1270. The Kier molecular flexibility index (Phi) is 5.46. The van der Waals surface area contributed by atoms with Crippen LogP contribution < -0.4 is 4.74 Å². The summed E-state index contributed by atoms with van der Waals surface area (Å²) in [5.41, 5.74) is 2.79. The molecule has 0 spiro atoms. The van der Waals surface area contributed by atoms with Crippen LogP contribution in [0.1, 0.15) is 5.89 Å². The lowest BCUT2D eigenvalue weighted by Gasteiger charge is -2.10. The minimum absolute atomic E-state index is 0.474. The van der Waals surface area contributed by atoms with Gasteiger partial charge in [0, 0.05) is 34.6 Å². The Balaban J connectivity index is 1.46. The molecule has 0 N–H and O–H groups in total. The summed E-state index contributed by atoms with van der Waals surface area (Å²) in [6, 6.07) is 13.5. The Morgan fingerprint density at radius 1 is 1.03 bits per heavy atom. The van der Waals surface area contributed by atoms with Crippen molar-refractivity contribution in [3.05, 3.63) is 71.5 Å². The van der Waals surface area contributed by atoms with Crippen LogP contribution in [0.2, 0.25) is 0 Å². The fraction of sp³-hybridized carbons (Fsp3) is 0.0952. The smallest absolute Gasteiger partial charge is 0.237 e. The molecule has 0 atom stereocenters. The predicted molar refractivity (Wildman–Crippen MR) is 118 cm³/mol. The zero-order chi connectivity index (χ0) is 21.0. The van der Waals surface area contributed by atoms with E-state index in [4.69, 9.17) is 9.26 Å². The zero-order valence-electron chi connectivity index (χ0n) is 16.4. The van der Waals surface area contributed by atoms with Crippen molar-refractivity contribution >= 4 is 23.1 Å². The van der Waals surface area contributed by atoms with E-state index in [1.807, 2.05) is 57.8 Å². The highest BCUT2D eigenvalue weighted by Gasteiger charge is 2.18. The van der Waals surface area contributed by atoms with Gasteiger partial charge >= 0.3 is 0 Å². The fourth-order valence-electron chi connectivity index (χ4n) is 2.96. The first-order valence-electron chi connectivity index (χ1n) is 9.30. The maximum Gasteiger partial charge on any atom is 0.237 e. The molecule has 4 heterocycles. The molecular formula is C21H16N6O2S2. The van der Waals surface area contributed by atoms with Crippen LogP contribution in [0.25, 0.3) is 28.5 Å². The van der Waals surface area contributed by atoms with Crippen molar-refractivity contribution in [1.82, 2.24) is 29.9 Å². The number of nitrogens with zero attached hydrogens (tertiary/aromatic N) is 6. The van der Waals surface area contributed by atoms with Crippen LogP contribution in [0.3, 0.4) is 0 Å². The number of benzene rings is 1. The molecule has 0 aliphatic heterocycles. The van der Waals surface area contributed by atoms with Gasteiger partial charge < -0.3 is 9.26 Å². The van der Waals surface area contributed by atoms with Crippen LogP contribution in [0, 0.1) is 0 Å². The Hall–Kier alpha value is -3.50. The van der Waals surface area contributed by atoms with Crippen molar-refractivity contribution in [2.24, 2.45) is 0 Å². The van der Waals surface area contributed by atoms with Gasteiger partial charge in [-0.05, 0) is 47.8 Å². The molecule has 0 saturated carbocycles. The highest BCUT2D eigenvalue weighted by Crippen LogP contribution is 2.30. The molecule has 0 unspecified atom stereocenters. The molecule has 0 aliphatic carbocycles. The highest BCUT2D eigenvalue weighted by atomic mass is 32.2. The maximum atomic E-state index is 5.42. The topological polar surface area (TPSA) is 91.8 Å². The third kappa shape index (κ3) is 4.07. The summed E-state index contributed by atoms with van der Waals surface area (Å²) >= 11 is 3.07. The molecular weight excluding hydrogens is 432 g/mol. The van der Waals surface area contributed by atoms with Gasteiger partial charge in [0.2, 0.25) is 11.7 Å². The average molecular weight is 449 g/mol. The molecule has 0 aliphatic rings. The van der Waals surface area contributed by atoms with Crippen molar-refractivity contribution in [2.75, 3.05) is 7.11 Å². The lowest BCUT2D eigenvalue weighted by Crippen LogP contribution is -2.00. The van der Waals surface area contributed by atoms with Gasteiger partial charge in [0.05, 0.1) is 12.9 Å². The monoisotopic (exact) mass is 448 g/mol. The fourth-order valence-corrected chi connectivity index (χ4v) is 4.39. The largest absolute Gasteiger partial charge is 0.497 e. The molecule has 0 radical (unpaired) electrons. The van der Waals surface area contributed by atoms with Gasteiger partial charge in [-0.3, -0.25) is 9.55 Å². The van der Waals surface area contributed by atoms with Gasteiger partial charge in [0.15, 0.2) is 11.0 Å². The normalized spacial score (nSPS) is 11.0. The minimum Gasteiger partial charge on any atom is -0.497 e. The summed E-state index contributed by atoms with van der Waals surface area (Å²) in [5, 5.41) is 17.6. The second-order valence-electron chi connectivity index (χ2n) is 6.39. The molecule has 10 heteroatoms. The van der Waals surface area contributed by atoms with E-state index < -0.39 is 0 Å². The number of ether oxygens (including phenoxy) is 1. The van der Waals surface area contributed by atoms with E-state index in [1.54, 1.807) is 30.8 Å². The van der Waals surface area contributed by atoms with Gasteiger partial charge in [-0.15, -0.1) is 10.2 Å². The molecule has 31 heavy (non-hydrogen) atoms. The van der Waals surface area contributed by atoms with Crippen LogP contribution in [0.4, 0.5) is 0 Å². The highest BCUT2D eigenvalue weighted by molar-refractivity contribution is 7.98. The first-order chi connectivity index (χ1) is 15.3. The molecule has 0 bridgehead atoms. The summed E-state index contributed by atoms with van der Waals surface area (Å²) in [6.45, 7) is 0. The van der Waals surface area contributed by atoms with E-state index in [-0.39, 0.29) is 0 Å². The van der Waals surface area contributed by atoms with Gasteiger partial charge in [-0.25, -0.2) is 0 Å². The third-order valence-corrected chi connectivity index (χ3v) is 6.07. The number of thioether (sulfide) groups is 1. The summed E-state index contributed by atoms with van der Waals surface area (Å²) in [6.07, 6.45) is 3.47. The van der Waals surface area contributed by atoms with Gasteiger partial charge in [-0.2, -0.15) is 16.3 Å². The van der Waals surface area contributed by atoms with Crippen molar-refractivity contribution in [2.45, 2.75) is 10.9 Å². The van der Waals surface area contributed by atoms with Crippen molar-refractivity contribution in [3.63, 3.8) is 0 Å². The molecule has 5 aromatic rings. The van der Waals surface area contributed by atoms with Gasteiger partial charge in [0.25, 0.3) is 0 Å². The average Bonchev–Trinajstić information content (AvgIpc) is 3.59. The van der Waals surface area contributed by atoms with E-state index in [0.29, 0.717) is 22.6 Å². The lowest BCUT2D eigenvalue weighted by atomic mass is 10.2. The molecule has 4 aromatic heterocycles. The van der Waals surface area contributed by atoms with Crippen LogP contribution in [0.15, 0.2) is 75.3 Å². The SMILES string of the molecule is COc1ccc(-n2c(SCc3nc(-c4ccsc4)no3)nnc2-c2ccncc2)cc1. The van der Waals surface area contributed by atoms with Gasteiger partial charge in [0.1, 0.15) is 5.75 Å². The summed E-state index contributed by atoms with van der Waals surface area (Å²) in [4.78, 5) is 8.58. The number of aromatic nitrogens is 6. The quantitative estimate of drug-likeness (QED) is 0.330. The Morgan fingerprint density at radius 3 is 2.61 bits per heavy atom. The molecule has 0 saturated heterocycles. The van der Waals surface area contributed by atoms with Crippen LogP contribution >= 0.6 is 23.1 Å². The van der Waals surface area contributed by atoms with E-state index >= 15 is 0 Å². The maximum absolute atomic E-state index is 5.42. The van der Waals surface area contributed by atoms with Crippen molar-refractivity contribution in [3.8, 4) is 34.2 Å². The Labute approximate surface area is 185 Å². The summed E-state index contributed by atoms with van der Waals surface area (Å²) in [7, 11) is 1.65. The van der Waals surface area contributed by atoms with Crippen LogP contribution in [-0.2, 0) is 5.75 Å². The zero-order valence-corrected chi connectivity index (χ0v) is 18.0. The van der Waals surface area contributed by atoms with Crippen molar-refractivity contribution in [1.29, 1.82) is 0 Å². The Morgan fingerprint density at radius 2 is 1.87 bits per heavy atom. The molecule has 8 nitrogen and oxygen atoms in total.